The zero-order valence-corrected chi connectivity index (χ0v) is 49.1. The van der Waals surface area contributed by atoms with Gasteiger partial charge in [0.05, 0.1) is 16.9 Å². The van der Waals surface area contributed by atoms with Crippen LogP contribution in [0.15, 0.2) is 218 Å². The highest BCUT2D eigenvalue weighted by atomic mass is 15.2. The van der Waals surface area contributed by atoms with Crippen LogP contribution in [-0.2, 0) is 30.7 Å². The fourth-order valence-corrected chi connectivity index (χ4v) is 11.2. The zero-order chi connectivity index (χ0) is 55.9. The van der Waals surface area contributed by atoms with Gasteiger partial charge in [0.1, 0.15) is 0 Å². The van der Waals surface area contributed by atoms with Crippen molar-refractivity contribution >= 4 is 49.6 Å². The molecule has 0 atom stereocenters. The monoisotopic (exact) mass is 1020 g/mol. The SMILES string of the molecule is C=C(C)/C=C\C=C/Cc1ccc(N(c2cc3c(c4ccccc24)-c2ccc(C)cc2C3(C)C)c2cccc3c4ccccc4n(C)c23)cc1C.CCc1ccc(C(C)(C)C)cc1.Cc1cc(C)cc(C)c1.Cc1ccccc1. The van der Waals surface area contributed by atoms with Crippen molar-refractivity contribution in [2.24, 2.45) is 7.05 Å². The summed E-state index contributed by atoms with van der Waals surface area (Å²) in [6.07, 6.45) is 10.5. The molecule has 0 N–H and O–H groups in total. The molecule has 0 saturated carbocycles. The molecule has 0 aliphatic heterocycles. The maximum absolute atomic E-state index is 3.97. The molecule has 1 aliphatic carbocycles. The lowest BCUT2D eigenvalue weighted by Crippen LogP contribution is -2.17. The van der Waals surface area contributed by atoms with Gasteiger partial charge in [-0.05, 0) is 147 Å². The van der Waals surface area contributed by atoms with Gasteiger partial charge in [0, 0.05) is 39.8 Å². The average molecular weight is 1020 g/mol. The first-order valence-corrected chi connectivity index (χ1v) is 27.9. The topological polar surface area (TPSA) is 8.17 Å². The molecule has 0 saturated heterocycles. The number of nitrogens with zero attached hydrogens (tertiary/aromatic N) is 2. The largest absolute Gasteiger partial charge is 0.342 e. The smallest absolute Gasteiger partial charge is 0.0733 e. The maximum atomic E-state index is 3.97. The van der Waals surface area contributed by atoms with Gasteiger partial charge in [-0.15, -0.1) is 0 Å². The van der Waals surface area contributed by atoms with Gasteiger partial charge in [0.2, 0.25) is 0 Å². The third-order valence-electron chi connectivity index (χ3n) is 15.3. The quantitative estimate of drug-likeness (QED) is 0.138. The van der Waals surface area contributed by atoms with Crippen LogP contribution in [0.4, 0.5) is 17.1 Å². The van der Waals surface area contributed by atoms with Crippen LogP contribution >= 0.6 is 0 Å². The van der Waals surface area contributed by atoms with Gasteiger partial charge in [-0.25, -0.2) is 0 Å². The van der Waals surface area contributed by atoms with Crippen molar-refractivity contribution in [3.05, 3.63) is 280 Å². The number of allylic oxidation sites excluding steroid dienone is 5. The zero-order valence-electron chi connectivity index (χ0n) is 49.1. The Morgan fingerprint density at radius 1 is 0.564 bits per heavy atom. The summed E-state index contributed by atoms with van der Waals surface area (Å²) >= 11 is 0. The minimum absolute atomic E-state index is 0.141. The molecule has 10 aromatic rings. The molecule has 9 aromatic carbocycles. The van der Waals surface area contributed by atoms with Gasteiger partial charge in [0.25, 0.3) is 0 Å². The second kappa shape index (κ2) is 24.2. The molecule has 0 fully saturated rings. The summed E-state index contributed by atoms with van der Waals surface area (Å²) in [4.78, 5) is 2.52. The number of aromatic nitrogens is 1. The molecule has 0 unspecified atom stereocenters. The van der Waals surface area contributed by atoms with Crippen molar-refractivity contribution in [2.45, 2.75) is 114 Å². The van der Waals surface area contributed by atoms with Crippen LogP contribution in [0.25, 0.3) is 43.7 Å². The second-order valence-electron chi connectivity index (χ2n) is 23.2. The predicted octanol–water partition coefficient (Wildman–Crippen LogP) is 21.3. The fraction of sp³-hybridized carbons (Fsp3) is 0.237. The number of fused-ring (bicyclic) bond motifs is 8. The minimum atomic E-state index is -0.141. The molecule has 11 rings (SSSR count). The molecule has 0 bridgehead atoms. The molecular weight excluding hydrogens is 941 g/mol. The normalized spacial score (nSPS) is 12.4. The number of anilines is 3. The van der Waals surface area contributed by atoms with Crippen molar-refractivity contribution < 1.29 is 0 Å². The predicted molar refractivity (Wildman–Crippen MR) is 343 cm³/mol. The van der Waals surface area contributed by atoms with E-state index in [0.717, 1.165) is 24.1 Å². The number of rotatable bonds is 8. The number of hydrogen-bond donors (Lipinski definition) is 0. The van der Waals surface area contributed by atoms with E-state index >= 15 is 0 Å². The Labute approximate surface area is 468 Å². The molecule has 0 spiro atoms. The number of para-hydroxylation sites is 2. The summed E-state index contributed by atoms with van der Waals surface area (Å²) in [5.41, 5.74) is 24.8. The molecule has 0 radical (unpaired) electrons. The van der Waals surface area contributed by atoms with Gasteiger partial charge >= 0.3 is 0 Å². The summed E-state index contributed by atoms with van der Waals surface area (Å²) in [5, 5.41) is 5.09. The Balaban J connectivity index is 0.000000231. The minimum Gasteiger partial charge on any atom is -0.342 e. The van der Waals surface area contributed by atoms with E-state index in [0.29, 0.717) is 0 Å². The molecule has 1 aromatic heterocycles. The highest BCUT2D eigenvalue weighted by molar-refractivity contribution is 6.15. The third kappa shape index (κ3) is 12.6. The first-order valence-electron chi connectivity index (χ1n) is 27.9. The lowest BCUT2D eigenvalue weighted by Gasteiger charge is -2.31. The lowest BCUT2D eigenvalue weighted by molar-refractivity contribution is 0.590. The number of aryl methyl sites for hydroxylation is 8. The van der Waals surface area contributed by atoms with Crippen LogP contribution in [0.3, 0.4) is 0 Å². The fourth-order valence-electron chi connectivity index (χ4n) is 11.2. The highest BCUT2D eigenvalue weighted by Gasteiger charge is 2.38. The third-order valence-corrected chi connectivity index (χ3v) is 15.3. The van der Waals surface area contributed by atoms with Gasteiger partial charge in [-0.3, -0.25) is 0 Å². The molecule has 2 heteroatoms. The van der Waals surface area contributed by atoms with E-state index in [1.165, 1.54) is 116 Å². The van der Waals surface area contributed by atoms with Crippen molar-refractivity contribution in [3.63, 3.8) is 0 Å². The summed E-state index contributed by atoms with van der Waals surface area (Å²) in [7, 11) is 2.21. The Morgan fingerprint density at radius 3 is 1.78 bits per heavy atom. The van der Waals surface area contributed by atoms with E-state index in [4.69, 9.17) is 0 Å². The number of benzene rings is 9. The first-order chi connectivity index (χ1) is 37.3. The second-order valence-corrected chi connectivity index (χ2v) is 23.2. The van der Waals surface area contributed by atoms with Crippen LogP contribution in [0.1, 0.15) is 110 Å². The first kappa shape index (κ1) is 56.3. The molecule has 1 heterocycles. The van der Waals surface area contributed by atoms with Gasteiger partial charge in [-0.2, -0.15) is 0 Å². The summed E-state index contributed by atoms with van der Waals surface area (Å²) in [6, 6.07) is 66.8. The van der Waals surface area contributed by atoms with Crippen molar-refractivity contribution in [1.82, 2.24) is 4.57 Å². The number of hydrogen-bond acceptors (Lipinski definition) is 1. The Bertz CT molecular complexity index is 3740. The lowest BCUT2D eigenvalue weighted by atomic mass is 9.81. The van der Waals surface area contributed by atoms with E-state index in [1.54, 1.807) is 0 Å². The molecule has 78 heavy (non-hydrogen) atoms. The molecule has 1 aliphatic rings. The van der Waals surface area contributed by atoms with Crippen molar-refractivity contribution in [1.29, 1.82) is 0 Å². The molecule has 0 amide bonds. The van der Waals surface area contributed by atoms with Gasteiger partial charge in [0.15, 0.2) is 0 Å². The maximum Gasteiger partial charge on any atom is 0.0733 e. The van der Waals surface area contributed by atoms with Crippen molar-refractivity contribution in [3.8, 4) is 11.1 Å². The molecule has 396 valence electrons. The van der Waals surface area contributed by atoms with Crippen molar-refractivity contribution in [2.75, 3.05) is 4.90 Å². The molecule has 2 nitrogen and oxygen atoms in total. The Kier molecular flexibility index (Phi) is 17.4. The summed E-state index contributed by atoms with van der Waals surface area (Å²) < 4.78 is 2.37. The van der Waals surface area contributed by atoms with Crippen LogP contribution < -0.4 is 4.90 Å². The molecular formula is C76H82N2. The van der Waals surface area contributed by atoms with E-state index in [-0.39, 0.29) is 10.8 Å². The van der Waals surface area contributed by atoms with E-state index in [2.05, 4.69) is 288 Å². The van der Waals surface area contributed by atoms with E-state index in [1.807, 2.05) is 31.2 Å². The average Bonchev–Trinajstić information content (AvgIpc) is 4.07. The van der Waals surface area contributed by atoms with Crippen LogP contribution in [0.2, 0.25) is 0 Å². The van der Waals surface area contributed by atoms with Gasteiger partial charge in [-0.1, -0.05) is 257 Å². The standard InChI is InChI=1S/C48H44N2.C12H18.C9H12.C7H8/c1-31(2)16-9-8-10-17-34-25-26-35(29-33(34)4)50(44-23-15-21-39-37-19-13-14-22-43(37)49(7)47(39)44)45-30-42-46(38-20-12-11-18-36(38)45)40-27-24-32(3)28-41(40)48(42,5)6;1-5-10-6-8-11(9-7-10)12(2,3)4;1-7-4-8(2)6-9(3)5-7;1-7-5-3-2-4-6-7/h8-16,18-30H,1,17H2,2-7H3;6-9H,5H2,1-4H3;4-6H,1-3H3;2-6H,1H3/b10-8-,16-9-;;;. The van der Waals surface area contributed by atoms with Crippen LogP contribution in [0, 0.1) is 41.5 Å². The summed E-state index contributed by atoms with van der Waals surface area (Å²) in [6.45, 7) is 32.6. The van der Waals surface area contributed by atoms with Crippen LogP contribution in [0.5, 0.6) is 0 Å². The highest BCUT2D eigenvalue weighted by Crippen LogP contribution is 2.55. The van der Waals surface area contributed by atoms with E-state index < -0.39 is 0 Å². The van der Waals surface area contributed by atoms with Crippen LogP contribution in [-0.4, -0.2) is 4.57 Å². The summed E-state index contributed by atoms with van der Waals surface area (Å²) in [5.74, 6) is 0. The van der Waals surface area contributed by atoms with Gasteiger partial charge < -0.3 is 9.47 Å². The van der Waals surface area contributed by atoms with E-state index in [9.17, 15) is 0 Å². The Hall–Kier alpha value is -7.94. The Morgan fingerprint density at radius 2 is 1.18 bits per heavy atom.